The van der Waals surface area contributed by atoms with Crippen molar-refractivity contribution in [3.63, 3.8) is 0 Å². The highest BCUT2D eigenvalue weighted by Gasteiger charge is 2.29. The predicted molar refractivity (Wildman–Crippen MR) is 116 cm³/mol. The third-order valence-electron chi connectivity index (χ3n) is 4.39. The Bertz CT molecular complexity index is 942. The Morgan fingerprint density at radius 3 is 2.31 bits per heavy atom. The highest BCUT2D eigenvalue weighted by Crippen LogP contribution is 2.23. The number of nitrogens with zero attached hydrogens (tertiary/aromatic N) is 2. The van der Waals surface area contributed by atoms with E-state index in [1.54, 1.807) is 24.3 Å². The van der Waals surface area contributed by atoms with Gasteiger partial charge in [-0.15, -0.1) is 0 Å². The molecule has 0 saturated carbocycles. The van der Waals surface area contributed by atoms with Gasteiger partial charge in [-0.25, -0.2) is 13.8 Å². The van der Waals surface area contributed by atoms with Crippen LogP contribution in [0.25, 0.3) is 0 Å². The van der Waals surface area contributed by atoms with E-state index in [0.29, 0.717) is 17.9 Å². The van der Waals surface area contributed by atoms with Crippen molar-refractivity contribution in [3.05, 3.63) is 60.2 Å². The van der Waals surface area contributed by atoms with Crippen LogP contribution in [0, 0.1) is 0 Å². The molecule has 0 spiro atoms. The molecule has 2 rings (SSSR count). The Morgan fingerprint density at radius 2 is 1.76 bits per heavy atom. The summed E-state index contributed by atoms with van der Waals surface area (Å²) >= 11 is 0. The molecule has 0 unspecified atom stereocenters. The highest BCUT2D eigenvalue weighted by molar-refractivity contribution is 7.92. The van der Waals surface area contributed by atoms with Crippen LogP contribution in [0.15, 0.2) is 59.7 Å². The van der Waals surface area contributed by atoms with Crippen molar-refractivity contribution in [1.29, 1.82) is 0 Å². The predicted octanol–water partition coefficient (Wildman–Crippen LogP) is 2.97. The first kappa shape index (κ1) is 22.4. The average molecular weight is 418 g/mol. The van der Waals surface area contributed by atoms with Gasteiger partial charge in [0.1, 0.15) is 11.8 Å². The topological polar surface area (TPSA) is 88.1 Å². The normalized spacial score (nSPS) is 12.9. The molecule has 156 valence electrons. The number of carbonyl (C=O) groups excluding carboxylic acids is 1. The molecule has 0 radical (unpaired) electrons. The summed E-state index contributed by atoms with van der Waals surface area (Å²) in [7, 11) is -2.16. The fourth-order valence-electron chi connectivity index (χ4n) is 2.81. The molecule has 2 aromatic carbocycles. The van der Waals surface area contributed by atoms with E-state index in [0.717, 1.165) is 22.7 Å². The van der Waals surface area contributed by atoms with E-state index in [1.807, 2.05) is 37.3 Å². The number of sulfonamides is 1. The lowest BCUT2D eigenvalue weighted by atomic mass is 10.1. The molecule has 1 amide bonds. The minimum Gasteiger partial charge on any atom is -0.497 e. The number of hydrogen-bond donors (Lipinski definition) is 1. The first-order valence-electron chi connectivity index (χ1n) is 9.22. The van der Waals surface area contributed by atoms with E-state index in [9.17, 15) is 13.2 Å². The number of nitrogens with one attached hydrogen (secondary N) is 1. The number of methoxy groups -OCH3 is 1. The molecule has 0 aliphatic rings. The Balaban J connectivity index is 2.06. The monoisotopic (exact) mass is 417 g/mol. The van der Waals surface area contributed by atoms with Crippen molar-refractivity contribution >= 4 is 27.3 Å². The fraction of sp³-hybridized carbons (Fsp3) is 0.333. The maximum atomic E-state index is 12.6. The quantitative estimate of drug-likeness (QED) is 0.502. The Morgan fingerprint density at radius 1 is 1.14 bits per heavy atom. The van der Waals surface area contributed by atoms with Crippen LogP contribution in [-0.2, 0) is 21.2 Å². The van der Waals surface area contributed by atoms with Crippen molar-refractivity contribution in [2.45, 2.75) is 32.7 Å². The van der Waals surface area contributed by atoms with E-state index >= 15 is 0 Å². The molecule has 0 heterocycles. The van der Waals surface area contributed by atoms with Crippen LogP contribution < -0.4 is 14.5 Å². The van der Waals surface area contributed by atoms with Gasteiger partial charge in [0, 0.05) is 5.71 Å². The van der Waals surface area contributed by atoms with E-state index in [2.05, 4.69) is 10.5 Å². The number of rotatable bonds is 9. The molecule has 0 saturated heterocycles. The van der Waals surface area contributed by atoms with Gasteiger partial charge < -0.3 is 4.74 Å². The molecular weight excluding hydrogens is 390 g/mol. The van der Waals surface area contributed by atoms with Gasteiger partial charge in [-0.05, 0) is 56.5 Å². The zero-order chi connectivity index (χ0) is 21.4. The van der Waals surface area contributed by atoms with E-state index in [1.165, 1.54) is 19.6 Å². The number of aryl methyl sites for hydroxylation is 1. The zero-order valence-electron chi connectivity index (χ0n) is 17.1. The molecular formula is C21H27N3O4S. The molecule has 1 atom stereocenters. The molecule has 1 N–H and O–H groups in total. The summed E-state index contributed by atoms with van der Waals surface area (Å²) in [5, 5.41) is 4.12. The lowest BCUT2D eigenvalue weighted by Crippen LogP contribution is -2.46. The van der Waals surface area contributed by atoms with Crippen LogP contribution in [0.1, 0.15) is 25.8 Å². The van der Waals surface area contributed by atoms with Gasteiger partial charge in [0.15, 0.2) is 0 Å². The number of amides is 1. The zero-order valence-corrected chi connectivity index (χ0v) is 17.9. The Hall–Kier alpha value is -2.87. The highest BCUT2D eigenvalue weighted by atomic mass is 32.2. The largest absolute Gasteiger partial charge is 0.497 e. The van der Waals surface area contributed by atoms with Crippen molar-refractivity contribution in [2.24, 2.45) is 5.10 Å². The van der Waals surface area contributed by atoms with Gasteiger partial charge in [-0.3, -0.25) is 9.10 Å². The molecule has 0 bridgehead atoms. The van der Waals surface area contributed by atoms with Gasteiger partial charge in [0.2, 0.25) is 10.0 Å². The van der Waals surface area contributed by atoms with Crippen LogP contribution in [0.4, 0.5) is 5.69 Å². The molecule has 0 aromatic heterocycles. The summed E-state index contributed by atoms with van der Waals surface area (Å²) in [6.45, 7) is 3.35. The molecule has 0 aliphatic heterocycles. The van der Waals surface area contributed by atoms with Gasteiger partial charge in [0.05, 0.1) is 19.1 Å². The van der Waals surface area contributed by atoms with E-state index in [-0.39, 0.29) is 0 Å². The van der Waals surface area contributed by atoms with Crippen molar-refractivity contribution < 1.29 is 17.9 Å². The summed E-state index contributed by atoms with van der Waals surface area (Å²) in [5.74, 6) is 0.0863. The number of carbonyl (C=O) groups is 1. The van der Waals surface area contributed by atoms with Crippen LogP contribution in [-0.4, -0.2) is 39.4 Å². The number of hydrogen-bond acceptors (Lipinski definition) is 5. The number of hydrazone groups is 1. The maximum absolute atomic E-state index is 12.6. The second-order valence-corrected chi connectivity index (χ2v) is 8.60. The third-order valence-corrected chi connectivity index (χ3v) is 5.63. The molecule has 2 aromatic rings. The van der Waals surface area contributed by atoms with Gasteiger partial charge in [-0.1, -0.05) is 30.3 Å². The van der Waals surface area contributed by atoms with Crippen molar-refractivity contribution in [3.8, 4) is 5.75 Å². The average Bonchev–Trinajstić information content (AvgIpc) is 2.70. The SMILES string of the molecule is COc1ccc(N([C@@H](C)C(=O)N/N=C(/C)CCc2ccccc2)S(C)(=O)=O)cc1. The van der Waals surface area contributed by atoms with Crippen molar-refractivity contribution in [1.82, 2.24) is 5.43 Å². The van der Waals surface area contributed by atoms with E-state index < -0.39 is 22.0 Å². The second-order valence-electron chi connectivity index (χ2n) is 6.74. The summed E-state index contributed by atoms with van der Waals surface area (Å²) in [4.78, 5) is 12.6. The second kappa shape index (κ2) is 10.1. The fourth-order valence-corrected chi connectivity index (χ4v) is 3.98. The standard InChI is InChI=1S/C21H27N3O4S/c1-16(10-11-18-8-6-5-7-9-18)22-23-21(25)17(2)24(29(4,26)27)19-12-14-20(28-3)15-13-19/h5-9,12-15,17H,10-11H2,1-4H3,(H,23,25)/b22-16-/t17-/m0/s1. The van der Waals surface area contributed by atoms with Crippen LogP contribution in [0.3, 0.4) is 0 Å². The number of benzene rings is 2. The summed E-state index contributed by atoms with van der Waals surface area (Å²) in [6, 6.07) is 15.5. The van der Waals surface area contributed by atoms with Crippen LogP contribution in [0.2, 0.25) is 0 Å². The molecule has 29 heavy (non-hydrogen) atoms. The van der Waals surface area contributed by atoms with Crippen molar-refractivity contribution in [2.75, 3.05) is 17.7 Å². The lowest BCUT2D eigenvalue weighted by Gasteiger charge is -2.27. The molecule has 0 aliphatic carbocycles. The summed E-state index contributed by atoms with van der Waals surface area (Å²) in [6.07, 6.45) is 2.56. The maximum Gasteiger partial charge on any atom is 0.263 e. The minimum atomic E-state index is -3.68. The Kier molecular flexibility index (Phi) is 7.78. The lowest BCUT2D eigenvalue weighted by molar-refractivity contribution is -0.121. The summed E-state index contributed by atoms with van der Waals surface area (Å²) in [5.41, 5.74) is 4.80. The first-order chi connectivity index (χ1) is 13.7. The third kappa shape index (κ3) is 6.60. The Labute approximate surface area is 172 Å². The van der Waals surface area contributed by atoms with Gasteiger partial charge in [-0.2, -0.15) is 5.10 Å². The van der Waals surface area contributed by atoms with Gasteiger partial charge >= 0.3 is 0 Å². The summed E-state index contributed by atoms with van der Waals surface area (Å²) < 4.78 is 30.8. The van der Waals surface area contributed by atoms with E-state index in [4.69, 9.17) is 4.74 Å². The first-order valence-corrected chi connectivity index (χ1v) is 11.1. The number of ether oxygens (including phenoxy) is 1. The number of anilines is 1. The van der Waals surface area contributed by atoms with Crippen LogP contribution in [0.5, 0.6) is 5.75 Å². The van der Waals surface area contributed by atoms with Gasteiger partial charge in [0.25, 0.3) is 5.91 Å². The molecule has 7 nitrogen and oxygen atoms in total. The molecule has 8 heteroatoms. The van der Waals surface area contributed by atoms with Crippen LogP contribution >= 0.6 is 0 Å². The molecule has 0 fully saturated rings. The smallest absolute Gasteiger partial charge is 0.263 e. The minimum absolute atomic E-state index is 0.376.